The van der Waals surface area contributed by atoms with Gasteiger partial charge in [0.2, 0.25) is 0 Å². The van der Waals surface area contributed by atoms with Gasteiger partial charge in [-0.05, 0) is 35.4 Å². The molecule has 0 spiro atoms. The average Bonchev–Trinajstić information content (AvgIpc) is 2.61. The fraction of sp³-hybridized carbons (Fsp3) is 0.350. The van der Waals surface area contributed by atoms with Gasteiger partial charge in [0.25, 0.3) is 0 Å². The highest BCUT2D eigenvalue weighted by molar-refractivity contribution is 5.87. The van der Waals surface area contributed by atoms with Crippen LogP contribution in [-0.4, -0.2) is 31.8 Å². The molecule has 0 saturated heterocycles. The molecule has 0 aliphatic rings. The third-order valence-corrected chi connectivity index (χ3v) is 4.26. The van der Waals surface area contributed by atoms with Gasteiger partial charge >= 0.3 is 5.97 Å². The minimum Gasteiger partial charge on any atom is -0.493 e. The number of nitrogens with one attached hydrogen (secondary N) is 1. The lowest BCUT2D eigenvalue weighted by atomic mass is 9.84. The topological polar surface area (TPSA) is 67.8 Å². The molecule has 2 aromatic carbocycles. The lowest BCUT2D eigenvalue weighted by molar-refractivity contribution is 0.0697. The van der Waals surface area contributed by atoms with E-state index in [4.69, 9.17) is 14.6 Å². The van der Waals surface area contributed by atoms with E-state index < -0.39 is 5.97 Å². The second-order valence-corrected chi connectivity index (χ2v) is 6.56. The Morgan fingerprint density at radius 1 is 1.04 bits per heavy atom. The first-order valence-electron chi connectivity index (χ1n) is 8.13. The van der Waals surface area contributed by atoms with Crippen LogP contribution in [0.4, 0.5) is 0 Å². The third kappa shape index (κ3) is 4.73. The zero-order valence-electron chi connectivity index (χ0n) is 15.1. The highest BCUT2D eigenvalue weighted by Crippen LogP contribution is 2.32. The zero-order chi connectivity index (χ0) is 18.4. The minimum absolute atomic E-state index is 0.0967. The van der Waals surface area contributed by atoms with Crippen molar-refractivity contribution in [1.82, 2.24) is 5.32 Å². The smallest absolute Gasteiger partial charge is 0.335 e. The Bertz CT molecular complexity index is 723. The van der Waals surface area contributed by atoms with Crippen LogP contribution in [0.5, 0.6) is 11.5 Å². The van der Waals surface area contributed by atoms with Gasteiger partial charge in [-0.15, -0.1) is 0 Å². The fourth-order valence-corrected chi connectivity index (χ4v) is 2.64. The number of hydrogen-bond acceptors (Lipinski definition) is 4. The number of methoxy groups -OCH3 is 2. The van der Waals surface area contributed by atoms with E-state index in [1.54, 1.807) is 26.4 Å². The molecular weight excluding hydrogens is 318 g/mol. The predicted octanol–water partition coefficient (Wildman–Crippen LogP) is 3.47. The molecule has 25 heavy (non-hydrogen) atoms. The van der Waals surface area contributed by atoms with Crippen LogP contribution in [0.3, 0.4) is 0 Å². The second-order valence-electron chi connectivity index (χ2n) is 6.56. The van der Waals surface area contributed by atoms with Gasteiger partial charge in [-0.2, -0.15) is 0 Å². The average molecular weight is 343 g/mol. The molecule has 5 nitrogen and oxygen atoms in total. The van der Waals surface area contributed by atoms with Gasteiger partial charge in [0, 0.05) is 18.5 Å². The molecule has 0 aromatic heterocycles. The summed E-state index contributed by atoms with van der Waals surface area (Å²) in [5.41, 5.74) is 2.40. The fourth-order valence-electron chi connectivity index (χ4n) is 2.64. The zero-order valence-corrected chi connectivity index (χ0v) is 15.1. The van der Waals surface area contributed by atoms with Crippen LogP contribution in [0.25, 0.3) is 0 Å². The number of carboxylic acids is 1. The maximum absolute atomic E-state index is 10.9. The molecule has 2 N–H and O–H groups in total. The monoisotopic (exact) mass is 343 g/mol. The Morgan fingerprint density at radius 2 is 1.68 bits per heavy atom. The summed E-state index contributed by atoms with van der Waals surface area (Å²) < 4.78 is 10.7. The molecule has 0 unspecified atom stereocenters. The molecule has 134 valence electrons. The highest BCUT2D eigenvalue weighted by atomic mass is 16.5. The summed E-state index contributed by atoms with van der Waals surface area (Å²) in [4.78, 5) is 10.9. The molecule has 5 heteroatoms. The SMILES string of the molecule is COc1ccc(C(C)(C)CNCc2ccc(C(=O)O)cc2)cc1OC. The van der Waals surface area contributed by atoms with Crippen LogP contribution in [0.2, 0.25) is 0 Å². The van der Waals surface area contributed by atoms with Gasteiger partial charge in [0.15, 0.2) is 11.5 Å². The number of hydrogen-bond donors (Lipinski definition) is 2. The standard InChI is InChI=1S/C20H25NO4/c1-20(2,16-9-10-17(24-3)18(11-16)25-4)13-21-12-14-5-7-15(8-6-14)19(22)23/h5-11,21H,12-13H2,1-4H3,(H,22,23). The van der Waals surface area contributed by atoms with Crippen molar-refractivity contribution in [2.75, 3.05) is 20.8 Å². The van der Waals surface area contributed by atoms with Crippen molar-refractivity contribution in [3.8, 4) is 11.5 Å². The molecule has 0 saturated carbocycles. The molecule has 0 aliphatic carbocycles. The molecular formula is C20H25NO4. The van der Waals surface area contributed by atoms with E-state index in [0.717, 1.165) is 23.4 Å². The van der Waals surface area contributed by atoms with Crippen LogP contribution in [0, 0.1) is 0 Å². The lowest BCUT2D eigenvalue weighted by Crippen LogP contribution is -2.32. The van der Waals surface area contributed by atoms with Gasteiger partial charge in [-0.25, -0.2) is 4.79 Å². The molecule has 0 aliphatic heterocycles. The summed E-state index contributed by atoms with van der Waals surface area (Å²) in [5.74, 6) is 0.528. The first kappa shape index (κ1) is 18.8. The van der Waals surface area contributed by atoms with Crippen molar-refractivity contribution in [3.05, 3.63) is 59.2 Å². The van der Waals surface area contributed by atoms with E-state index in [2.05, 4.69) is 19.2 Å². The Kier molecular flexibility index (Phi) is 6.04. The number of carboxylic acid groups (broad SMARTS) is 1. The molecule has 2 rings (SSSR count). The normalized spacial score (nSPS) is 11.2. The molecule has 0 heterocycles. The van der Waals surface area contributed by atoms with E-state index >= 15 is 0 Å². The van der Waals surface area contributed by atoms with Gasteiger partial charge in [-0.3, -0.25) is 0 Å². The van der Waals surface area contributed by atoms with Crippen LogP contribution >= 0.6 is 0 Å². The molecule has 0 amide bonds. The van der Waals surface area contributed by atoms with Crippen molar-refractivity contribution in [1.29, 1.82) is 0 Å². The number of rotatable bonds is 8. The summed E-state index contributed by atoms with van der Waals surface area (Å²) in [6.45, 7) is 5.77. The largest absolute Gasteiger partial charge is 0.493 e. The van der Waals surface area contributed by atoms with Crippen molar-refractivity contribution in [2.24, 2.45) is 0 Å². The summed E-state index contributed by atoms with van der Waals surface area (Å²) in [5, 5.41) is 12.4. The first-order chi connectivity index (χ1) is 11.9. The van der Waals surface area contributed by atoms with E-state index in [9.17, 15) is 4.79 Å². The Hall–Kier alpha value is -2.53. The maximum atomic E-state index is 10.9. The van der Waals surface area contributed by atoms with Crippen LogP contribution in [-0.2, 0) is 12.0 Å². The lowest BCUT2D eigenvalue weighted by Gasteiger charge is -2.26. The third-order valence-electron chi connectivity index (χ3n) is 4.26. The minimum atomic E-state index is -0.908. The summed E-state index contributed by atoms with van der Waals surface area (Å²) in [6.07, 6.45) is 0. The number of benzene rings is 2. The van der Waals surface area contributed by atoms with Gasteiger partial charge in [-0.1, -0.05) is 32.0 Å². The summed E-state index contributed by atoms with van der Waals surface area (Å²) in [6, 6.07) is 12.9. The Balaban J connectivity index is 2.00. The molecule has 0 bridgehead atoms. The maximum Gasteiger partial charge on any atom is 0.335 e. The highest BCUT2D eigenvalue weighted by Gasteiger charge is 2.22. The molecule has 0 atom stereocenters. The Labute approximate surface area is 148 Å². The van der Waals surface area contributed by atoms with Gasteiger partial charge in [0.05, 0.1) is 19.8 Å². The van der Waals surface area contributed by atoms with Crippen LogP contribution in [0.1, 0.15) is 35.3 Å². The number of ether oxygens (including phenoxy) is 2. The molecule has 2 aromatic rings. The Morgan fingerprint density at radius 3 is 2.24 bits per heavy atom. The second kappa shape index (κ2) is 8.03. The van der Waals surface area contributed by atoms with E-state index in [0.29, 0.717) is 17.9 Å². The van der Waals surface area contributed by atoms with Crippen molar-refractivity contribution in [2.45, 2.75) is 25.8 Å². The van der Waals surface area contributed by atoms with E-state index in [-0.39, 0.29) is 5.41 Å². The van der Waals surface area contributed by atoms with Gasteiger partial charge < -0.3 is 19.9 Å². The van der Waals surface area contributed by atoms with Crippen molar-refractivity contribution < 1.29 is 19.4 Å². The predicted molar refractivity (Wildman–Crippen MR) is 97.7 cm³/mol. The molecule has 0 radical (unpaired) electrons. The number of carbonyl (C=O) groups is 1. The van der Waals surface area contributed by atoms with E-state index in [1.807, 2.05) is 30.3 Å². The quantitative estimate of drug-likeness (QED) is 0.768. The van der Waals surface area contributed by atoms with Crippen molar-refractivity contribution >= 4 is 5.97 Å². The van der Waals surface area contributed by atoms with E-state index in [1.165, 1.54) is 0 Å². The summed E-state index contributed by atoms with van der Waals surface area (Å²) >= 11 is 0. The van der Waals surface area contributed by atoms with Gasteiger partial charge in [0.1, 0.15) is 0 Å². The number of aromatic carboxylic acids is 1. The van der Waals surface area contributed by atoms with Crippen LogP contribution in [0.15, 0.2) is 42.5 Å². The molecule has 0 fully saturated rings. The first-order valence-corrected chi connectivity index (χ1v) is 8.13. The van der Waals surface area contributed by atoms with Crippen molar-refractivity contribution in [3.63, 3.8) is 0 Å². The van der Waals surface area contributed by atoms with Crippen LogP contribution < -0.4 is 14.8 Å². The summed E-state index contributed by atoms with van der Waals surface area (Å²) in [7, 11) is 3.26.